The summed E-state index contributed by atoms with van der Waals surface area (Å²) >= 11 is 9.61. The second-order valence-electron chi connectivity index (χ2n) is 5.44. The Morgan fingerprint density at radius 1 is 1.35 bits per heavy atom. The van der Waals surface area contributed by atoms with E-state index in [1.807, 2.05) is 24.0 Å². The van der Waals surface area contributed by atoms with Gasteiger partial charge in [0.05, 0.1) is 0 Å². The highest BCUT2D eigenvalue weighted by molar-refractivity contribution is 9.09. The van der Waals surface area contributed by atoms with Crippen LogP contribution in [0.4, 0.5) is 0 Å². The molecule has 0 N–H and O–H groups in total. The van der Waals surface area contributed by atoms with Crippen molar-refractivity contribution in [2.75, 3.05) is 11.9 Å². The van der Waals surface area contributed by atoms with Gasteiger partial charge in [-0.25, -0.2) is 0 Å². The predicted molar refractivity (Wildman–Crippen MR) is 87.9 cm³/mol. The van der Waals surface area contributed by atoms with Gasteiger partial charge in [-0.3, -0.25) is 4.79 Å². The molecule has 1 aliphatic carbocycles. The second kappa shape index (κ2) is 7.46. The van der Waals surface area contributed by atoms with Crippen LogP contribution in [0.2, 0.25) is 5.02 Å². The molecule has 20 heavy (non-hydrogen) atoms. The van der Waals surface area contributed by atoms with Crippen molar-refractivity contribution in [3.8, 4) is 0 Å². The average molecular weight is 359 g/mol. The molecule has 2 nitrogen and oxygen atoms in total. The van der Waals surface area contributed by atoms with Crippen molar-refractivity contribution >= 4 is 33.4 Å². The molecule has 4 heteroatoms. The Hall–Kier alpha value is -0.540. The number of rotatable bonds is 4. The number of carbonyl (C=O) groups is 1. The molecule has 0 bridgehead atoms. The van der Waals surface area contributed by atoms with Gasteiger partial charge < -0.3 is 4.90 Å². The number of halogens is 2. The number of hydrogen-bond donors (Lipinski definition) is 0. The molecule has 0 aliphatic heterocycles. The molecular formula is C16H21BrClNO. The monoisotopic (exact) mass is 357 g/mol. The third-order valence-corrected chi connectivity index (χ3v) is 4.78. The van der Waals surface area contributed by atoms with Crippen molar-refractivity contribution in [3.05, 3.63) is 34.3 Å². The van der Waals surface area contributed by atoms with E-state index in [1.54, 1.807) is 6.07 Å². The van der Waals surface area contributed by atoms with Gasteiger partial charge in [-0.05, 0) is 37.5 Å². The maximum Gasteiger partial charge on any atom is 0.254 e. The van der Waals surface area contributed by atoms with E-state index in [1.165, 1.54) is 19.3 Å². The number of nitrogens with zero attached hydrogens (tertiary/aromatic N) is 1. The lowest BCUT2D eigenvalue weighted by molar-refractivity contribution is 0.0651. The van der Waals surface area contributed by atoms with Crippen LogP contribution in [0.15, 0.2) is 18.2 Å². The summed E-state index contributed by atoms with van der Waals surface area (Å²) in [6, 6.07) is 5.98. The van der Waals surface area contributed by atoms with Crippen LogP contribution in [-0.2, 0) is 0 Å². The molecule has 2 rings (SSSR count). The first-order chi connectivity index (χ1) is 9.63. The lowest BCUT2D eigenvalue weighted by Gasteiger charge is -2.34. The Bertz CT molecular complexity index is 472. The minimum absolute atomic E-state index is 0.109. The van der Waals surface area contributed by atoms with Crippen molar-refractivity contribution in [1.29, 1.82) is 0 Å². The topological polar surface area (TPSA) is 20.3 Å². The van der Waals surface area contributed by atoms with Gasteiger partial charge in [0, 0.05) is 28.5 Å². The predicted octanol–water partition coefficient (Wildman–Crippen LogP) is 4.82. The van der Waals surface area contributed by atoms with E-state index in [9.17, 15) is 4.79 Å². The standard InChI is InChI=1S/C16H21BrClNO/c1-12-7-8-13(11-15(12)18)16(20)19(10-9-17)14-5-3-2-4-6-14/h7-8,11,14H,2-6,9-10H2,1H3. The number of alkyl halides is 1. The van der Waals surface area contributed by atoms with Crippen LogP contribution in [0, 0.1) is 6.92 Å². The maximum absolute atomic E-state index is 12.7. The first-order valence-electron chi connectivity index (χ1n) is 7.26. The van der Waals surface area contributed by atoms with Crippen molar-refractivity contribution < 1.29 is 4.79 Å². The van der Waals surface area contributed by atoms with Gasteiger partial charge >= 0.3 is 0 Å². The lowest BCUT2D eigenvalue weighted by Crippen LogP contribution is -2.42. The fourth-order valence-electron chi connectivity index (χ4n) is 2.83. The fourth-order valence-corrected chi connectivity index (χ4v) is 3.39. The Labute approximate surface area is 134 Å². The van der Waals surface area contributed by atoms with Crippen LogP contribution < -0.4 is 0 Å². The van der Waals surface area contributed by atoms with Gasteiger partial charge in [0.2, 0.25) is 0 Å². The molecule has 1 saturated carbocycles. The van der Waals surface area contributed by atoms with Crippen LogP contribution in [0.25, 0.3) is 0 Å². The van der Waals surface area contributed by atoms with Crippen molar-refractivity contribution in [3.63, 3.8) is 0 Å². The summed E-state index contributed by atoms with van der Waals surface area (Å²) < 4.78 is 0. The average Bonchev–Trinajstić information content (AvgIpc) is 2.48. The minimum Gasteiger partial charge on any atom is -0.335 e. The minimum atomic E-state index is 0.109. The Morgan fingerprint density at radius 2 is 2.05 bits per heavy atom. The molecule has 0 radical (unpaired) electrons. The van der Waals surface area contributed by atoms with Gasteiger partial charge in [-0.1, -0.05) is 52.9 Å². The highest BCUT2D eigenvalue weighted by atomic mass is 79.9. The van der Waals surface area contributed by atoms with Crippen molar-refractivity contribution in [2.45, 2.75) is 45.1 Å². The normalized spacial score (nSPS) is 16.1. The van der Waals surface area contributed by atoms with Gasteiger partial charge in [-0.2, -0.15) is 0 Å². The summed E-state index contributed by atoms with van der Waals surface area (Å²) in [5.41, 5.74) is 1.71. The molecule has 1 amide bonds. The highest BCUT2D eigenvalue weighted by Crippen LogP contribution is 2.25. The third-order valence-electron chi connectivity index (χ3n) is 4.02. The molecule has 1 aromatic carbocycles. The quantitative estimate of drug-likeness (QED) is 0.707. The summed E-state index contributed by atoms with van der Waals surface area (Å²) in [5, 5.41) is 1.48. The summed E-state index contributed by atoms with van der Waals surface area (Å²) in [4.78, 5) is 14.8. The third kappa shape index (κ3) is 3.76. The van der Waals surface area contributed by atoms with E-state index >= 15 is 0 Å². The molecule has 0 spiro atoms. The Kier molecular flexibility index (Phi) is 5.91. The number of aryl methyl sites for hydroxylation is 1. The highest BCUT2D eigenvalue weighted by Gasteiger charge is 2.25. The van der Waals surface area contributed by atoms with E-state index in [4.69, 9.17) is 11.6 Å². The van der Waals surface area contributed by atoms with Crippen LogP contribution in [-0.4, -0.2) is 28.7 Å². The molecule has 1 fully saturated rings. The molecule has 0 aromatic heterocycles. The number of carbonyl (C=O) groups excluding carboxylic acids is 1. The second-order valence-corrected chi connectivity index (χ2v) is 6.64. The summed E-state index contributed by atoms with van der Waals surface area (Å²) in [7, 11) is 0. The number of amides is 1. The SMILES string of the molecule is Cc1ccc(C(=O)N(CCBr)C2CCCCC2)cc1Cl. The molecule has 0 unspecified atom stereocenters. The lowest BCUT2D eigenvalue weighted by atomic mass is 9.93. The van der Waals surface area contributed by atoms with E-state index in [0.29, 0.717) is 16.6 Å². The zero-order chi connectivity index (χ0) is 14.5. The maximum atomic E-state index is 12.7. The summed E-state index contributed by atoms with van der Waals surface area (Å²) in [6.45, 7) is 2.71. The van der Waals surface area contributed by atoms with Crippen LogP contribution in [0.1, 0.15) is 48.0 Å². The molecule has 0 atom stereocenters. The van der Waals surface area contributed by atoms with E-state index in [2.05, 4.69) is 15.9 Å². The largest absolute Gasteiger partial charge is 0.335 e. The first kappa shape index (κ1) is 15.8. The van der Waals surface area contributed by atoms with Crippen LogP contribution >= 0.6 is 27.5 Å². The number of hydrogen-bond acceptors (Lipinski definition) is 1. The molecule has 0 heterocycles. The molecule has 0 saturated heterocycles. The van der Waals surface area contributed by atoms with Crippen LogP contribution in [0.5, 0.6) is 0 Å². The van der Waals surface area contributed by atoms with Gasteiger partial charge in [0.25, 0.3) is 5.91 Å². The number of benzene rings is 1. The molecule has 1 aliphatic rings. The van der Waals surface area contributed by atoms with E-state index < -0.39 is 0 Å². The van der Waals surface area contributed by atoms with E-state index in [0.717, 1.165) is 30.3 Å². The van der Waals surface area contributed by atoms with E-state index in [-0.39, 0.29) is 5.91 Å². The molecule has 110 valence electrons. The molecule has 1 aromatic rings. The summed E-state index contributed by atoms with van der Waals surface area (Å²) in [6.07, 6.45) is 6.00. The Morgan fingerprint density at radius 3 is 2.65 bits per heavy atom. The smallest absolute Gasteiger partial charge is 0.254 e. The zero-order valence-corrected chi connectivity index (χ0v) is 14.2. The van der Waals surface area contributed by atoms with Gasteiger partial charge in [0.1, 0.15) is 0 Å². The fraction of sp³-hybridized carbons (Fsp3) is 0.562. The Balaban J connectivity index is 2.18. The summed E-state index contributed by atoms with van der Waals surface area (Å²) in [5.74, 6) is 0.109. The van der Waals surface area contributed by atoms with Crippen molar-refractivity contribution in [1.82, 2.24) is 4.90 Å². The van der Waals surface area contributed by atoms with Crippen molar-refractivity contribution in [2.24, 2.45) is 0 Å². The zero-order valence-electron chi connectivity index (χ0n) is 11.9. The first-order valence-corrected chi connectivity index (χ1v) is 8.76. The van der Waals surface area contributed by atoms with Crippen LogP contribution in [0.3, 0.4) is 0 Å². The molecular weight excluding hydrogens is 338 g/mol. The van der Waals surface area contributed by atoms with Gasteiger partial charge in [-0.15, -0.1) is 0 Å². The van der Waals surface area contributed by atoms with Gasteiger partial charge in [0.15, 0.2) is 0 Å².